The Labute approximate surface area is 147 Å². The Morgan fingerprint density at radius 2 is 2.04 bits per heavy atom. The molecule has 0 aromatic heterocycles. The summed E-state index contributed by atoms with van der Waals surface area (Å²) >= 11 is 0. The number of carbonyl (C=O) groups is 2. The van der Waals surface area contributed by atoms with Crippen molar-refractivity contribution in [2.24, 2.45) is 0 Å². The van der Waals surface area contributed by atoms with Gasteiger partial charge < -0.3 is 14.5 Å². The van der Waals surface area contributed by atoms with Crippen molar-refractivity contribution in [3.8, 4) is 0 Å². The van der Waals surface area contributed by atoms with Crippen LogP contribution in [0.5, 0.6) is 0 Å². The van der Waals surface area contributed by atoms with Crippen LogP contribution in [0.3, 0.4) is 0 Å². The second-order valence-electron chi connectivity index (χ2n) is 6.17. The van der Waals surface area contributed by atoms with E-state index in [0.29, 0.717) is 25.1 Å². The summed E-state index contributed by atoms with van der Waals surface area (Å²) in [6, 6.07) is 7.44. The topological polar surface area (TPSA) is 49.9 Å². The summed E-state index contributed by atoms with van der Waals surface area (Å²) in [5, 5.41) is 0. The van der Waals surface area contributed by atoms with Crippen molar-refractivity contribution in [2.45, 2.75) is 25.4 Å². The predicted molar refractivity (Wildman–Crippen MR) is 95.2 cm³/mol. The van der Waals surface area contributed by atoms with Gasteiger partial charge in [-0.3, -0.25) is 9.59 Å². The van der Waals surface area contributed by atoms with Crippen LogP contribution in [0.25, 0.3) is 0 Å². The molecule has 1 atom stereocenters. The first kappa shape index (κ1) is 17.0. The van der Waals surface area contributed by atoms with Gasteiger partial charge in [0.2, 0.25) is 12.3 Å². The zero-order chi connectivity index (χ0) is 17.8. The fourth-order valence-corrected chi connectivity index (χ4v) is 3.33. The summed E-state index contributed by atoms with van der Waals surface area (Å²) in [5.41, 5.74) is 3.01. The molecule has 0 radical (unpaired) electrons. The fourth-order valence-electron chi connectivity index (χ4n) is 3.33. The van der Waals surface area contributed by atoms with Gasteiger partial charge in [-0.2, -0.15) is 0 Å². The fraction of sp³-hybridized carbons (Fsp3) is 0.300. The van der Waals surface area contributed by atoms with Gasteiger partial charge in [0.15, 0.2) is 0 Å². The first-order chi connectivity index (χ1) is 12.2. The molecule has 1 aliphatic heterocycles. The Morgan fingerprint density at radius 3 is 2.76 bits per heavy atom. The highest BCUT2D eigenvalue weighted by Gasteiger charge is 2.33. The molecule has 0 fully saturated rings. The largest absolute Gasteiger partial charge is 0.495 e. The highest BCUT2D eigenvalue weighted by Crippen LogP contribution is 2.26. The number of carbonyl (C=O) groups excluding carboxylic acids is 2. The summed E-state index contributed by atoms with van der Waals surface area (Å²) in [5.74, 6) is 0.560. The molecule has 0 bridgehead atoms. The molecule has 0 spiro atoms. The Bertz CT molecular complexity index is 764. The predicted octanol–water partition coefficient (Wildman–Crippen LogP) is 2.40. The Kier molecular flexibility index (Phi) is 5.03. The van der Waals surface area contributed by atoms with E-state index in [2.05, 4.69) is 0 Å². The van der Waals surface area contributed by atoms with E-state index in [0.717, 1.165) is 23.2 Å². The smallest absolute Gasteiger partial charge is 0.249 e. The molecule has 5 heteroatoms. The molecular formula is C20H22N2O3. The van der Waals surface area contributed by atoms with Crippen LogP contribution in [0.1, 0.15) is 17.5 Å². The van der Waals surface area contributed by atoms with E-state index in [1.54, 1.807) is 24.0 Å². The standard InChI is InChI=1S/C20H22N2O3/c1-21(17-10-4-3-5-11-19(17)25-2)20(24)18-12-15-8-6-7-9-16(15)13-22(18)14-23/h3-9,11,14,18H,10,12-13H2,1-2H3. The number of nitrogens with zero attached hydrogens (tertiary/aromatic N) is 2. The zero-order valence-electron chi connectivity index (χ0n) is 14.5. The van der Waals surface area contributed by atoms with Crippen LogP contribution in [-0.4, -0.2) is 42.3 Å². The summed E-state index contributed by atoms with van der Waals surface area (Å²) in [4.78, 5) is 27.9. The van der Waals surface area contributed by atoms with Crippen LogP contribution in [0.2, 0.25) is 0 Å². The lowest BCUT2D eigenvalue weighted by molar-refractivity contribution is -0.139. The van der Waals surface area contributed by atoms with Crippen molar-refractivity contribution in [2.75, 3.05) is 14.2 Å². The van der Waals surface area contributed by atoms with Crippen LogP contribution >= 0.6 is 0 Å². The van der Waals surface area contributed by atoms with Crippen molar-refractivity contribution in [3.05, 3.63) is 71.2 Å². The second-order valence-corrected chi connectivity index (χ2v) is 6.17. The number of amides is 2. The number of benzene rings is 1. The van der Waals surface area contributed by atoms with Crippen LogP contribution < -0.4 is 0 Å². The molecule has 0 saturated carbocycles. The van der Waals surface area contributed by atoms with E-state index in [1.807, 2.05) is 48.6 Å². The van der Waals surface area contributed by atoms with Gasteiger partial charge in [0, 0.05) is 26.4 Å². The Morgan fingerprint density at radius 1 is 1.28 bits per heavy atom. The number of fused-ring (bicyclic) bond motifs is 1. The van der Waals surface area contributed by atoms with Crippen LogP contribution in [-0.2, 0) is 27.3 Å². The van der Waals surface area contributed by atoms with Crippen molar-refractivity contribution in [1.29, 1.82) is 0 Å². The van der Waals surface area contributed by atoms with Gasteiger partial charge in [-0.15, -0.1) is 0 Å². The third kappa shape index (κ3) is 3.36. The molecule has 1 unspecified atom stereocenters. The van der Waals surface area contributed by atoms with Gasteiger partial charge in [-0.1, -0.05) is 42.5 Å². The monoisotopic (exact) mass is 338 g/mol. The van der Waals surface area contributed by atoms with Crippen molar-refractivity contribution < 1.29 is 14.3 Å². The molecule has 0 N–H and O–H groups in total. The average molecular weight is 338 g/mol. The minimum absolute atomic E-state index is 0.102. The van der Waals surface area contributed by atoms with E-state index < -0.39 is 6.04 Å². The number of hydrogen-bond donors (Lipinski definition) is 0. The van der Waals surface area contributed by atoms with Crippen molar-refractivity contribution in [1.82, 2.24) is 9.80 Å². The average Bonchev–Trinajstić information content (AvgIpc) is 2.91. The third-order valence-electron chi connectivity index (χ3n) is 4.75. The minimum atomic E-state index is -0.501. The summed E-state index contributed by atoms with van der Waals surface area (Å²) in [7, 11) is 3.34. The highest BCUT2D eigenvalue weighted by atomic mass is 16.5. The van der Waals surface area contributed by atoms with Gasteiger partial charge in [0.05, 0.1) is 12.8 Å². The number of ether oxygens (including phenoxy) is 1. The maximum Gasteiger partial charge on any atom is 0.249 e. The lowest BCUT2D eigenvalue weighted by atomic mass is 9.93. The molecule has 1 aromatic carbocycles. The number of likely N-dealkylation sites (N-methyl/N-ethyl adjacent to an activating group) is 1. The summed E-state index contributed by atoms with van der Waals surface area (Å²) < 4.78 is 5.43. The normalized spacial score (nSPS) is 19.3. The van der Waals surface area contributed by atoms with Gasteiger partial charge in [-0.05, 0) is 17.2 Å². The molecule has 0 saturated heterocycles. The molecular weight excluding hydrogens is 316 g/mol. The maximum absolute atomic E-state index is 13.1. The van der Waals surface area contributed by atoms with E-state index in [1.165, 1.54) is 0 Å². The first-order valence-electron chi connectivity index (χ1n) is 8.31. The molecule has 1 heterocycles. The number of hydrogen-bond acceptors (Lipinski definition) is 3. The van der Waals surface area contributed by atoms with Crippen LogP contribution in [0.4, 0.5) is 0 Å². The van der Waals surface area contributed by atoms with E-state index in [4.69, 9.17) is 4.74 Å². The van der Waals surface area contributed by atoms with E-state index >= 15 is 0 Å². The molecule has 1 aromatic rings. The van der Waals surface area contributed by atoms with Gasteiger partial charge >= 0.3 is 0 Å². The molecule has 130 valence electrons. The Balaban J connectivity index is 1.88. The Hall–Kier alpha value is -2.82. The molecule has 2 amide bonds. The van der Waals surface area contributed by atoms with Crippen LogP contribution in [0, 0.1) is 0 Å². The second kappa shape index (κ2) is 7.38. The number of methoxy groups -OCH3 is 1. The van der Waals surface area contributed by atoms with E-state index in [9.17, 15) is 9.59 Å². The number of allylic oxidation sites excluding steroid dienone is 4. The minimum Gasteiger partial charge on any atom is -0.495 e. The van der Waals surface area contributed by atoms with Gasteiger partial charge in [0.1, 0.15) is 11.8 Å². The van der Waals surface area contributed by atoms with Crippen LogP contribution in [0.15, 0.2) is 60.0 Å². The SMILES string of the molecule is COC1=C(N(C)C(=O)C2Cc3ccccc3CN2C=O)CC=CC=C1. The quantitative estimate of drug-likeness (QED) is 0.792. The first-order valence-corrected chi connectivity index (χ1v) is 8.31. The highest BCUT2D eigenvalue weighted by molar-refractivity contribution is 5.86. The molecule has 5 nitrogen and oxygen atoms in total. The van der Waals surface area contributed by atoms with Gasteiger partial charge in [0.25, 0.3) is 0 Å². The number of rotatable bonds is 4. The maximum atomic E-state index is 13.1. The third-order valence-corrected chi connectivity index (χ3v) is 4.75. The zero-order valence-corrected chi connectivity index (χ0v) is 14.5. The molecule has 1 aliphatic carbocycles. The van der Waals surface area contributed by atoms with Crippen molar-refractivity contribution in [3.63, 3.8) is 0 Å². The summed E-state index contributed by atoms with van der Waals surface area (Å²) in [6.07, 6.45) is 9.54. The molecule has 2 aliphatic rings. The lowest BCUT2D eigenvalue weighted by Gasteiger charge is -2.36. The van der Waals surface area contributed by atoms with Gasteiger partial charge in [-0.25, -0.2) is 0 Å². The summed E-state index contributed by atoms with van der Waals surface area (Å²) in [6.45, 7) is 0.458. The van der Waals surface area contributed by atoms with Crippen molar-refractivity contribution >= 4 is 12.3 Å². The lowest BCUT2D eigenvalue weighted by Crippen LogP contribution is -2.50. The van der Waals surface area contributed by atoms with E-state index in [-0.39, 0.29) is 5.91 Å². The molecule has 25 heavy (non-hydrogen) atoms. The molecule has 3 rings (SSSR count).